The van der Waals surface area contributed by atoms with Crippen molar-refractivity contribution in [2.75, 3.05) is 7.11 Å². The van der Waals surface area contributed by atoms with Gasteiger partial charge in [-0.15, -0.1) is 0 Å². The maximum atomic E-state index is 11.7. The number of benzene rings is 1. The zero-order chi connectivity index (χ0) is 15.7. The minimum absolute atomic E-state index is 0.374. The highest BCUT2D eigenvalue weighted by atomic mass is 35.5. The van der Waals surface area contributed by atoms with Gasteiger partial charge in [0.05, 0.1) is 7.11 Å². The number of fused-ring (bicyclic) bond motifs is 1. The lowest BCUT2D eigenvalue weighted by atomic mass is 9.84. The molecule has 2 aliphatic rings. The molecule has 1 aliphatic heterocycles. The molecule has 1 aromatic carbocycles. The van der Waals surface area contributed by atoms with E-state index in [4.69, 9.17) is 16.3 Å². The summed E-state index contributed by atoms with van der Waals surface area (Å²) in [7, 11) is 1.63. The van der Waals surface area contributed by atoms with Gasteiger partial charge in [0, 0.05) is 23.2 Å². The lowest BCUT2D eigenvalue weighted by Gasteiger charge is -2.33. The summed E-state index contributed by atoms with van der Waals surface area (Å²) in [5, 5.41) is 10.2. The van der Waals surface area contributed by atoms with Crippen molar-refractivity contribution in [3.8, 4) is 5.75 Å². The summed E-state index contributed by atoms with van der Waals surface area (Å²) in [6.07, 6.45) is 5.43. The number of likely N-dealkylation sites (tertiary alicyclic amines) is 1. The first kappa shape index (κ1) is 15.6. The van der Waals surface area contributed by atoms with Crippen molar-refractivity contribution < 1.29 is 14.6 Å². The van der Waals surface area contributed by atoms with Crippen LogP contribution < -0.4 is 4.74 Å². The lowest BCUT2D eigenvalue weighted by Crippen LogP contribution is -2.41. The number of aliphatic carboxylic acids is 1. The van der Waals surface area contributed by atoms with Gasteiger partial charge >= 0.3 is 5.97 Å². The van der Waals surface area contributed by atoms with Crippen molar-refractivity contribution >= 4 is 17.6 Å². The van der Waals surface area contributed by atoms with E-state index in [2.05, 4.69) is 4.90 Å². The van der Waals surface area contributed by atoms with Gasteiger partial charge in [0.2, 0.25) is 0 Å². The van der Waals surface area contributed by atoms with Crippen LogP contribution in [0.2, 0.25) is 5.02 Å². The molecule has 0 radical (unpaired) electrons. The zero-order valence-corrected chi connectivity index (χ0v) is 13.6. The third-order valence-electron chi connectivity index (χ3n) is 5.10. The maximum Gasteiger partial charge on any atom is 0.320 e. The number of carbonyl (C=O) groups is 1. The van der Waals surface area contributed by atoms with Crippen LogP contribution in [0.25, 0.3) is 0 Å². The van der Waals surface area contributed by atoms with Crippen LogP contribution in [0.3, 0.4) is 0 Å². The number of halogens is 1. The number of nitrogens with zero attached hydrogens (tertiary/aromatic N) is 1. The van der Waals surface area contributed by atoms with Gasteiger partial charge in [-0.2, -0.15) is 0 Å². The molecule has 5 heteroatoms. The highest BCUT2D eigenvalue weighted by molar-refractivity contribution is 6.30. The predicted octanol–water partition coefficient (Wildman–Crippen LogP) is 3.57. The van der Waals surface area contributed by atoms with Crippen LogP contribution in [0, 0.1) is 5.92 Å². The molecule has 2 fully saturated rings. The highest BCUT2D eigenvalue weighted by Gasteiger charge is 2.45. The molecule has 4 nitrogen and oxygen atoms in total. The Morgan fingerprint density at radius 2 is 2.18 bits per heavy atom. The second-order valence-electron chi connectivity index (χ2n) is 6.33. The van der Waals surface area contributed by atoms with Crippen LogP contribution in [0.1, 0.15) is 37.7 Å². The number of ether oxygens (including phenoxy) is 1. The normalized spacial score (nSPS) is 28.4. The van der Waals surface area contributed by atoms with Gasteiger partial charge in [-0.25, -0.2) is 0 Å². The average Bonchev–Trinajstić information content (AvgIpc) is 2.87. The third kappa shape index (κ3) is 2.95. The number of hydrogen-bond acceptors (Lipinski definition) is 3. The van der Waals surface area contributed by atoms with Crippen LogP contribution in [-0.2, 0) is 11.3 Å². The topological polar surface area (TPSA) is 49.8 Å². The molecule has 0 aromatic heterocycles. The zero-order valence-electron chi connectivity index (χ0n) is 12.8. The second kappa shape index (κ2) is 6.47. The molecule has 1 saturated carbocycles. The first-order valence-electron chi connectivity index (χ1n) is 7.91. The van der Waals surface area contributed by atoms with E-state index >= 15 is 0 Å². The lowest BCUT2D eigenvalue weighted by molar-refractivity contribution is -0.142. The van der Waals surface area contributed by atoms with Gasteiger partial charge < -0.3 is 9.84 Å². The monoisotopic (exact) mass is 323 g/mol. The van der Waals surface area contributed by atoms with Crippen LogP contribution in [-0.4, -0.2) is 35.2 Å². The Bertz CT molecular complexity index is 563. The molecule has 120 valence electrons. The summed E-state index contributed by atoms with van der Waals surface area (Å²) in [6.45, 7) is 0.585. The molecule has 3 atom stereocenters. The SMILES string of the molecule is COc1ccc(Cl)cc1CN1[C@@H]2CCCC[C@H]2C[C@H]1C(=O)O. The van der Waals surface area contributed by atoms with Crippen molar-refractivity contribution in [1.82, 2.24) is 4.90 Å². The number of carboxylic acid groups (broad SMARTS) is 1. The van der Waals surface area contributed by atoms with Crippen molar-refractivity contribution in [2.24, 2.45) is 5.92 Å². The van der Waals surface area contributed by atoms with E-state index in [1.165, 1.54) is 12.8 Å². The van der Waals surface area contributed by atoms with Crippen molar-refractivity contribution in [3.05, 3.63) is 28.8 Å². The average molecular weight is 324 g/mol. The van der Waals surface area contributed by atoms with E-state index in [1.807, 2.05) is 12.1 Å². The van der Waals surface area contributed by atoms with Gasteiger partial charge in [0.1, 0.15) is 11.8 Å². The van der Waals surface area contributed by atoms with Gasteiger partial charge in [-0.05, 0) is 43.4 Å². The van der Waals surface area contributed by atoms with E-state index in [9.17, 15) is 9.90 Å². The van der Waals surface area contributed by atoms with Crippen LogP contribution in [0.15, 0.2) is 18.2 Å². The number of methoxy groups -OCH3 is 1. The number of carboxylic acids is 1. The Balaban J connectivity index is 1.87. The van der Waals surface area contributed by atoms with E-state index < -0.39 is 12.0 Å². The van der Waals surface area contributed by atoms with Crippen molar-refractivity contribution in [3.63, 3.8) is 0 Å². The first-order valence-corrected chi connectivity index (χ1v) is 8.29. The number of hydrogen-bond donors (Lipinski definition) is 1. The third-order valence-corrected chi connectivity index (χ3v) is 5.34. The van der Waals surface area contributed by atoms with Crippen LogP contribution >= 0.6 is 11.6 Å². The Morgan fingerprint density at radius 1 is 1.41 bits per heavy atom. The molecule has 1 saturated heterocycles. The van der Waals surface area contributed by atoms with Crippen molar-refractivity contribution in [2.45, 2.75) is 50.7 Å². The van der Waals surface area contributed by atoms with Crippen LogP contribution in [0.5, 0.6) is 5.75 Å². The van der Waals surface area contributed by atoms with Crippen LogP contribution in [0.4, 0.5) is 0 Å². The largest absolute Gasteiger partial charge is 0.496 e. The van der Waals surface area contributed by atoms with E-state index in [0.29, 0.717) is 23.5 Å². The standard InChI is InChI=1S/C17H22ClNO3/c1-22-16-7-6-13(18)8-12(16)10-19-14-5-3-2-4-11(14)9-15(19)17(20)21/h6-8,11,14-15H,2-5,9-10H2,1H3,(H,20,21)/t11-,14+,15-/m0/s1. The second-order valence-corrected chi connectivity index (χ2v) is 6.77. The molecule has 0 bridgehead atoms. The molecule has 3 rings (SSSR count). The molecular weight excluding hydrogens is 302 g/mol. The molecule has 1 N–H and O–H groups in total. The van der Waals surface area contributed by atoms with Gasteiger partial charge in [0.25, 0.3) is 0 Å². The summed E-state index contributed by atoms with van der Waals surface area (Å²) in [6, 6.07) is 5.51. The summed E-state index contributed by atoms with van der Waals surface area (Å²) in [5.41, 5.74) is 0.965. The molecule has 0 amide bonds. The van der Waals surface area contributed by atoms with E-state index in [0.717, 1.165) is 30.6 Å². The smallest absolute Gasteiger partial charge is 0.320 e. The predicted molar refractivity (Wildman–Crippen MR) is 85.3 cm³/mol. The summed E-state index contributed by atoms with van der Waals surface area (Å²) < 4.78 is 5.41. The molecule has 1 aliphatic carbocycles. The van der Waals surface area contributed by atoms with Gasteiger partial charge in [-0.3, -0.25) is 9.69 Å². The molecule has 1 heterocycles. The minimum atomic E-state index is -0.713. The van der Waals surface area contributed by atoms with Crippen molar-refractivity contribution in [1.29, 1.82) is 0 Å². The Kier molecular flexibility index (Phi) is 4.59. The Hall–Kier alpha value is -1.26. The van der Waals surface area contributed by atoms with E-state index in [-0.39, 0.29) is 0 Å². The Labute approximate surface area is 136 Å². The summed E-state index contributed by atoms with van der Waals surface area (Å²) in [5.74, 6) is 0.572. The molecular formula is C17H22ClNO3. The quantitative estimate of drug-likeness (QED) is 0.920. The summed E-state index contributed by atoms with van der Waals surface area (Å²) >= 11 is 6.11. The minimum Gasteiger partial charge on any atom is -0.496 e. The molecule has 0 unspecified atom stereocenters. The fourth-order valence-electron chi connectivity index (χ4n) is 4.09. The molecule has 1 aromatic rings. The van der Waals surface area contributed by atoms with E-state index in [1.54, 1.807) is 13.2 Å². The van der Waals surface area contributed by atoms with Gasteiger partial charge in [0.15, 0.2) is 0 Å². The fourth-order valence-corrected chi connectivity index (χ4v) is 4.29. The molecule has 0 spiro atoms. The summed E-state index contributed by atoms with van der Waals surface area (Å²) in [4.78, 5) is 13.8. The first-order chi connectivity index (χ1) is 10.6. The highest BCUT2D eigenvalue weighted by Crippen LogP contribution is 2.41. The Morgan fingerprint density at radius 3 is 2.91 bits per heavy atom. The number of rotatable bonds is 4. The fraction of sp³-hybridized carbons (Fsp3) is 0.588. The maximum absolute atomic E-state index is 11.7. The van der Waals surface area contributed by atoms with Gasteiger partial charge in [-0.1, -0.05) is 24.4 Å². The molecule has 22 heavy (non-hydrogen) atoms.